The maximum Gasteiger partial charge on any atom is 2.00 e. The molecule has 0 amide bonds. The van der Waals surface area contributed by atoms with Crippen LogP contribution in [-0.4, -0.2) is 4.32 Å². The van der Waals surface area contributed by atoms with E-state index in [2.05, 4.69) is 68.7 Å². The van der Waals surface area contributed by atoms with Crippen molar-refractivity contribution in [2.45, 2.75) is 65.2 Å². The minimum Gasteiger partial charge on any atom is -0.415 e. The Bertz CT molecular complexity index is 337. The number of nitrogens with two attached hydrogens (primary N) is 1. The molecule has 1 aromatic rings. The van der Waals surface area contributed by atoms with E-state index in [0.717, 1.165) is 0 Å². The van der Waals surface area contributed by atoms with Gasteiger partial charge < -0.3 is 30.6 Å². The van der Waals surface area contributed by atoms with Gasteiger partial charge in [0.1, 0.15) is 0 Å². The van der Waals surface area contributed by atoms with Crippen molar-refractivity contribution in [1.82, 2.24) is 0 Å². The number of thiocarbonyl (C=S) groups is 1. The summed E-state index contributed by atoms with van der Waals surface area (Å²) >= 11 is 8.26. The van der Waals surface area contributed by atoms with Gasteiger partial charge in [0.15, 0.2) is 0 Å². The van der Waals surface area contributed by atoms with E-state index in [1.54, 1.807) is 0 Å². The van der Waals surface area contributed by atoms with Gasteiger partial charge in [-0.05, 0) is 0 Å². The summed E-state index contributed by atoms with van der Waals surface area (Å²) in [6, 6.07) is 9.90. The minimum absolute atomic E-state index is 0. The maximum atomic E-state index is 4.66. The molecule has 0 heterocycles. The monoisotopic (exact) mass is 373 g/mol. The Labute approximate surface area is 154 Å². The summed E-state index contributed by atoms with van der Waals surface area (Å²) in [5.41, 5.74) is 7.66. The van der Waals surface area contributed by atoms with Gasteiger partial charge in [0.25, 0.3) is 0 Å². The van der Waals surface area contributed by atoms with Gasteiger partial charge in [0.2, 0.25) is 0 Å². The SMILES string of the molecule is CCCCCc1[c-]cccc1CCCCC.NC(=S)[S-].[Zn+2]. The first-order valence-corrected chi connectivity index (χ1v) is 8.38. The molecule has 0 aliphatic heterocycles. The minimum atomic E-state index is 0. The van der Waals surface area contributed by atoms with Crippen molar-refractivity contribution in [2.75, 3.05) is 0 Å². The molecule has 0 spiro atoms. The third-order valence-electron chi connectivity index (χ3n) is 3.12. The quantitative estimate of drug-likeness (QED) is 0.234. The van der Waals surface area contributed by atoms with Gasteiger partial charge in [-0.15, -0.1) is 0 Å². The molecule has 0 aliphatic rings. The maximum absolute atomic E-state index is 4.66. The fraction of sp³-hybridized carbons (Fsp3) is 0.588. The number of aryl methyl sites for hydroxylation is 2. The Morgan fingerprint density at radius 2 is 1.67 bits per heavy atom. The number of unbranched alkanes of at least 4 members (excludes halogenated alkanes) is 4. The van der Waals surface area contributed by atoms with Crippen molar-refractivity contribution in [3.05, 3.63) is 35.4 Å². The van der Waals surface area contributed by atoms with E-state index in [1.165, 1.54) is 62.5 Å². The van der Waals surface area contributed by atoms with Gasteiger partial charge in [-0.25, -0.2) is 0 Å². The molecular weight excluding hydrogens is 348 g/mol. The zero-order valence-corrected chi connectivity index (χ0v) is 18.1. The first-order chi connectivity index (χ1) is 9.61. The predicted molar refractivity (Wildman–Crippen MR) is 95.9 cm³/mol. The van der Waals surface area contributed by atoms with Crippen molar-refractivity contribution < 1.29 is 19.5 Å². The van der Waals surface area contributed by atoms with E-state index in [-0.39, 0.29) is 23.8 Å². The molecular formula is C17H27NS2Zn. The van der Waals surface area contributed by atoms with Crippen molar-refractivity contribution in [3.63, 3.8) is 0 Å². The molecule has 21 heavy (non-hydrogen) atoms. The van der Waals surface area contributed by atoms with Crippen LogP contribution in [0.4, 0.5) is 0 Å². The molecule has 0 radical (unpaired) electrons. The molecule has 0 fully saturated rings. The van der Waals surface area contributed by atoms with Crippen LogP contribution in [0.3, 0.4) is 0 Å². The van der Waals surface area contributed by atoms with Crippen LogP contribution >= 0.6 is 12.2 Å². The molecule has 0 aliphatic carbocycles. The Balaban J connectivity index is 0. The van der Waals surface area contributed by atoms with Crippen molar-refractivity contribution >= 4 is 29.2 Å². The number of hydrogen-bond donors (Lipinski definition) is 1. The Kier molecular flexibility index (Phi) is 18.1. The third kappa shape index (κ3) is 14.6. The van der Waals surface area contributed by atoms with Gasteiger partial charge >= 0.3 is 19.5 Å². The van der Waals surface area contributed by atoms with E-state index in [9.17, 15) is 0 Å². The molecule has 1 aromatic carbocycles. The van der Waals surface area contributed by atoms with E-state index in [0.29, 0.717) is 0 Å². The molecule has 0 bridgehead atoms. The Morgan fingerprint density at radius 3 is 2.19 bits per heavy atom. The van der Waals surface area contributed by atoms with E-state index < -0.39 is 0 Å². The average molecular weight is 375 g/mol. The number of rotatable bonds is 8. The van der Waals surface area contributed by atoms with Crippen LogP contribution in [0.1, 0.15) is 63.5 Å². The molecule has 0 aromatic heterocycles. The van der Waals surface area contributed by atoms with Crippen LogP contribution in [-0.2, 0) is 44.9 Å². The molecule has 2 N–H and O–H groups in total. The van der Waals surface area contributed by atoms with E-state index >= 15 is 0 Å². The molecule has 1 rings (SSSR count). The van der Waals surface area contributed by atoms with Gasteiger partial charge in [-0.1, -0.05) is 69.5 Å². The Morgan fingerprint density at radius 1 is 1.14 bits per heavy atom. The van der Waals surface area contributed by atoms with Crippen molar-refractivity contribution in [2.24, 2.45) is 5.73 Å². The Hall–Kier alpha value is -0.0466. The van der Waals surface area contributed by atoms with Gasteiger partial charge in [-0.3, -0.25) is 0 Å². The molecule has 0 saturated carbocycles. The summed E-state index contributed by atoms with van der Waals surface area (Å²) in [6.07, 6.45) is 10.4. The van der Waals surface area contributed by atoms with Crippen molar-refractivity contribution in [3.8, 4) is 0 Å². The summed E-state index contributed by atoms with van der Waals surface area (Å²) in [4.78, 5) is 0. The van der Waals surface area contributed by atoms with Crippen LogP contribution in [0.5, 0.6) is 0 Å². The van der Waals surface area contributed by atoms with E-state index in [4.69, 9.17) is 0 Å². The number of hydrogen-bond acceptors (Lipinski definition) is 2. The summed E-state index contributed by atoms with van der Waals surface area (Å²) in [5, 5.41) is 0. The van der Waals surface area contributed by atoms with E-state index in [1.807, 2.05) is 0 Å². The summed E-state index contributed by atoms with van der Waals surface area (Å²) in [6.45, 7) is 4.52. The fourth-order valence-corrected chi connectivity index (χ4v) is 2.09. The summed E-state index contributed by atoms with van der Waals surface area (Å²) in [5.74, 6) is 0. The summed E-state index contributed by atoms with van der Waals surface area (Å²) < 4.78 is 0.0833. The van der Waals surface area contributed by atoms with Crippen LogP contribution in [0.25, 0.3) is 0 Å². The van der Waals surface area contributed by atoms with Crippen LogP contribution in [0.15, 0.2) is 18.2 Å². The second kappa shape index (κ2) is 16.3. The first-order valence-electron chi connectivity index (χ1n) is 7.56. The zero-order valence-electron chi connectivity index (χ0n) is 13.5. The van der Waals surface area contributed by atoms with Gasteiger partial charge in [0.05, 0.1) is 0 Å². The van der Waals surface area contributed by atoms with Gasteiger partial charge in [-0.2, -0.15) is 35.4 Å². The van der Waals surface area contributed by atoms with Gasteiger partial charge in [0, 0.05) is 0 Å². The molecule has 0 atom stereocenters. The average Bonchev–Trinajstić information content (AvgIpc) is 2.40. The van der Waals surface area contributed by atoms with Crippen LogP contribution in [0, 0.1) is 6.07 Å². The predicted octanol–water partition coefficient (Wildman–Crippen LogP) is 4.73. The van der Waals surface area contributed by atoms with Crippen LogP contribution < -0.4 is 5.73 Å². The van der Waals surface area contributed by atoms with Crippen molar-refractivity contribution in [1.29, 1.82) is 0 Å². The number of benzene rings is 1. The topological polar surface area (TPSA) is 26.0 Å². The smallest absolute Gasteiger partial charge is 0.415 e. The summed E-state index contributed by atoms with van der Waals surface area (Å²) in [7, 11) is 0. The molecule has 114 valence electrons. The molecule has 0 unspecified atom stereocenters. The normalized spacial score (nSPS) is 9.24. The standard InChI is InChI=1S/C16H25.CH3NS2.Zn/c1-3-5-7-11-15-13-9-10-14-16(15)12-8-6-4-2;2-1(3)4;/h9-10,13H,3-8,11-12H2,1-2H3;(H3,2,3,4);/q-1;;+2/p-1. The second-order valence-electron chi connectivity index (χ2n) is 4.91. The largest absolute Gasteiger partial charge is 2.00 e. The third-order valence-corrected chi connectivity index (χ3v) is 3.12. The molecule has 1 nitrogen and oxygen atoms in total. The zero-order chi connectivity index (χ0) is 15.2. The fourth-order valence-electron chi connectivity index (χ4n) is 2.09. The second-order valence-corrected chi connectivity index (χ2v) is 6.05. The van der Waals surface area contributed by atoms with Crippen LogP contribution in [0.2, 0.25) is 0 Å². The molecule has 0 saturated heterocycles. The first kappa shape index (κ1) is 23.2. The molecule has 4 heteroatoms.